The molecule has 19 heavy (non-hydrogen) atoms. The fourth-order valence-corrected chi connectivity index (χ4v) is 1.41. The summed E-state index contributed by atoms with van der Waals surface area (Å²) in [6.07, 6.45) is 5.44. The summed E-state index contributed by atoms with van der Waals surface area (Å²) < 4.78 is 9.97. The summed E-state index contributed by atoms with van der Waals surface area (Å²) in [4.78, 5) is 22.9. The van der Waals surface area contributed by atoms with Gasteiger partial charge >= 0.3 is 12.1 Å². The van der Waals surface area contributed by atoms with Gasteiger partial charge in [0.25, 0.3) is 0 Å². The topological polar surface area (TPSA) is 64.6 Å². The first-order valence-electron chi connectivity index (χ1n) is 7.21. The van der Waals surface area contributed by atoms with Gasteiger partial charge in [-0.3, -0.25) is 0 Å². The van der Waals surface area contributed by atoms with Crippen molar-refractivity contribution in [3.05, 3.63) is 0 Å². The van der Waals surface area contributed by atoms with Crippen LogP contribution in [-0.2, 0) is 14.3 Å². The van der Waals surface area contributed by atoms with Crippen LogP contribution in [0.5, 0.6) is 0 Å². The molecule has 0 saturated heterocycles. The van der Waals surface area contributed by atoms with Gasteiger partial charge in [-0.05, 0) is 19.8 Å². The van der Waals surface area contributed by atoms with E-state index in [-0.39, 0.29) is 0 Å². The van der Waals surface area contributed by atoms with Gasteiger partial charge in [0.05, 0.1) is 13.2 Å². The molecule has 0 spiro atoms. The molecule has 0 fully saturated rings. The zero-order valence-corrected chi connectivity index (χ0v) is 12.4. The van der Waals surface area contributed by atoms with E-state index in [9.17, 15) is 9.59 Å². The van der Waals surface area contributed by atoms with E-state index in [1.807, 2.05) is 6.92 Å². The number of unbranched alkanes of at least 4 members (excludes halogenated alkanes) is 4. The molecule has 0 heterocycles. The number of ether oxygens (including phenoxy) is 2. The second kappa shape index (κ2) is 11.8. The smallest absolute Gasteiger partial charge is 0.407 e. The van der Waals surface area contributed by atoms with Crippen molar-refractivity contribution < 1.29 is 19.1 Å². The van der Waals surface area contributed by atoms with Crippen molar-refractivity contribution in [1.29, 1.82) is 0 Å². The van der Waals surface area contributed by atoms with E-state index in [4.69, 9.17) is 9.47 Å². The van der Waals surface area contributed by atoms with E-state index in [0.29, 0.717) is 13.2 Å². The zero-order chi connectivity index (χ0) is 14.5. The number of amides is 1. The molecule has 0 aromatic heterocycles. The molecule has 1 N–H and O–H groups in total. The second-order valence-corrected chi connectivity index (χ2v) is 4.58. The van der Waals surface area contributed by atoms with Crippen molar-refractivity contribution in [3.8, 4) is 0 Å². The van der Waals surface area contributed by atoms with Crippen molar-refractivity contribution >= 4 is 12.1 Å². The van der Waals surface area contributed by atoms with E-state index >= 15 is 0 Å². The van der Waals surface area contributed by atoms with Crippen molar-refractivity contribution in [2.24, 2.45) is 0 Å². The van der Waals surface area contributed by atoms with Gasteiger partial charge in [0.2, 0.25) is 0 Å². The second-order valence-electron chi connectivity index (χ2n) is 4.58. The lowest BCUT2D eigenvalue weighted by Crippen LogP contribution is -2.40. The molecule has 0 aromatic carbocycles. The number of carbonyl (C=O) groups excluding carboxylic acids is 2. The number of esters is 1. The van der Waals surface area contributed by atoms with Crippen LogP contribution in [0.2, 0.25) is 0 Å². The lowest BCUT2D eigenvalue weighted by Gasteiger charge is -2.13. The minimum absolute atomic E-state index is 0.376. The highest BCUT2D eigenvalue weighted by Gasteiger charge is 2.17. The Labute approximate surface area is 116 Å². The van der Waals surface area contributed by atoms with Crippen molar-refractivity contribution in [2.45, 2.75) is 65.3 Å². The Bertz CT molecular complexity index is 256. The van der Waals surface area contributed by atoms with Crippen LogP contribution in [0.1, 0.15) is 59.3 Å². The molecule has 1 amide bonds. The highest BCUT2D eigenvalue weighted by molar-refractivity contribution is 5.80. The van der Waals surface area contributed by atoms with Crippen molar-refractivity contribution in [1.82, 2.24) is 5.32 Å². The molecule has 0 rings (SSSR count). The molecule has 0 aliphatic rings. The molecule has 0 unspecified atom stereocenters. The molecular weight excluding hydrogens is 246 g/mol. The van der Waals surface area contributed by atoms with E-state index in [0.717, 1.165) is 38.5 Å². The monoisotopic (exact) mass is 273 g/mol. The Morgan fingerprint density at radius 2 is 1.58 bits per heavy atom. The number of carbonyl (C=O) groups is 2. The van der Waals surface area contributed by atoms with Gasteiger partial charge in [-0.2, -0.15) is 0 Å². The van der Waals surface area contributed by atoms with Crippen molar-refractivity contribution in [2.75, 3.05) is 13.2 Å². The number of nitrogens with one attached hydrogen (secondary N) is 1. The third-order valence-electron chi connectivity index (χ3n) is 2.66. The summed E-state index contributed by atoms with van der Waals surface area (Å²) in [6, 6.07) is -0.666. The van der Waals surface area contributed by atoms with Gasteiger partial charge in [-0.1, -0.05) is 39.5 Å². The molecule has 0 aromatic rings. The molecule has 5 nitrogen and oxygen atoms in total. The minimum Gasteiger partial charge on any atom is -0.464 e. The predicted molar refractivity (Wildman–Crippen MR) is 74.0 cm³/mol. The minimum atomic E-state index is -0.666. The predicted octanol–water partition coefficient (Wildman–Crippen LogP) is 3.02. The number of hydrogen-bond donors (Lipinski definition) is 1. The first-order chi connectivity index (χ1) is 9.11. The third kappa shape index (κ3) is 10.4. The van der Waals surface area contributed by atoms with E-state index in [1.54, 1.807) is 6.92 Å². The molecule has 5 heteroatoms. The van der Waals surface area contributed by atoms with Gasteiger partial charge in [-0.25, -0.2) is 9.59 Å². The van der Waals surface area contributed by atoms with Gasteiger partial charge < -0.3 is 14.8 Å². The fraction of sp³-hybridized carbons (Fsp3) is 0.857. The lowest BCUT2D eigenvalue weighted by atomic mass is 10.2. The fourth-order valence-electron chi connectivity index (χ4n) is 1.41. The average molecular weight is 273 g/mol. The molecule has 1 atom stereocenters. The Morgan fingerprint density at radius 3 is 2.21 bits per heavy atom. The van der Waals surface area contributed by atoms with E-state index < -0.39 is 18.1 Å². The highest BCUT2D eigenvalue weighted by atomic mass is 16.6. The number of alkyl carbamates (subject to hydrolysis) is 1. The maximum atomic E-state index is 11.5. The third-order valence-corrected chi connectivity index (χ3v) is 2.66. The summed E-state index contributed by atoms with van der Waals surface area (Å²) >= 11 is 0. The lowest BCUT2D eigenvalue weighted by molar-refractivity contribution is -0.145. The average Bonchev–Trinajstić information content (AvgIpc) is 2.38. The highest BCUT2D eigenvalue weighted by Crippen LogP contribution is 2.00. The first kappa shape index (κ1) is 17.7. The molecule has 112 valence electrons. The van der Waals surface area contributed by atoms with Crippen molar-refractivity contribution in [3.63, 3.8) is 0 Å². The van der Waals surface area contributed by atoms with Gasteiger partial charge in [-0.15, -0.1) is 0 Å². The van der Waals surface area contributed by atoms with Crippen LogP contribution in [0, 0.1) is 0 Å². The molecule has 0 saturated carbocycles. The molecule has 0 bridgehead atoms. The van der Waals surface area contributed by atoms with Gasteiger partial charge in [0, 0.05) is 0 Å². The summed E-state index contributed by atoms with van der Waals surface area (Å²) in [7, 11) is 0. The van der Waals surface area contributed by atoms with Crippen LogP contribution in [0.3, 0.4) is 0 Å². The van der Waals surface area contributed by atoms with Crippen LogP contribution in [-0.4, -0.2) is 31.3 Å². The van der Waals surface area contributed by atoms with Crippen LogP contribution in [0.25, 0.3) is 0 Å². The molecule has 0 aliphatic carbocycles. The maximum Gasteiger partial charge on any atom is 0.407 e. The number of hydrogen-bond acceptors (Lipinski definition) is 4. The standard InChI is InChI=1S/C14H27NO4/c1-4-6-8-9-11-18-13(16)12(3)15-14(17)19-10-7-5-2/h12H,4-11H2,1-3H3,(H,15,17)/t12-/m0/s1. The van der Waals surface area contributed by atoms with Crippen LogP contribution in [0.15, 0.2) is 0 Å². The Balaban J connectivity index is 3.65. The number of rotatable bonds is 10. The molecule has 0 aliphatic heterocycles. The largest absolute Gasteiger partial charge is 0.464 e. The van der Waals surface area contributed by atoms with Gasteiger partial charge in [0.15, 0.2) is 0 Å². The maximum absolute atomic E-state index is 11.5. The van der Waals surface area contributed by atoms with E-state index in [1.165, 1.54) is 0 Å². The zero-order valence-electron chi connectivity index (χ0n) is 12.4. The summed E-state index contributed by atoms with van der Waals surface area (Å²) in [5, 5.41) is 2.45. The van der Waals surface area contributed by atoms with Crippen LogP contribution in [0.4, 0.5) is 4.79 Å². The molecule has 0 radical (unpaired) electrons. The Hall–Kier alpha value is -1.26. The summed E-state index contributed by atoms with van der Waals surface area (Å²) in [6.45, 7) is 6.52. The first-order valence-corrected chi connectivity index (χ1v) is 7.21. The normalized spacial score (nSPS) is 11.7. The van der Waals surface area contributed by atoms with Crippen LogP contribution >= 0.6 is 0 Å². The van der Waals surface area contributed by atoms with Gasteiger partial charge in [0.1, 0.15) is 6.04 Å². The van der Waals surface area contributed by atoms with Crippen LogP contribution < -0.4 is 5.32 Å². The summed E-state index contributed by atoms with van der Waals surface area (Å²) in [5.41, 5.74) is 0. The Kier molecular flexibility index (Phi) is 11.0. The van der Waals surface area contributed by atoms with E-state index in [2.05, 4.69) is 12.2 Å². The Morgan fingerprint density at radius 1 is 0.947 bits per heavy atom. The summed E-state index contributed by atoms with van der Waals surface area (Å²) in [5.74, 6) is -0.413. The quantitative estimate of drug-likeness (QED) is 0.491. The molecular formula is C14H27NO4. The SMILES string of the molecule is CCCCCCOC(=O)[C@H](C)NC(=O)OCCCC.